The molecular weight excluding hydrogens is 304 g/mol. The number of hydrogen-bond acceptors (Lipinski definition) is 3. The molecular formula is C20H38O4. The Bertz CT molecular complexity index is 328. The predicted molar refractivity (Wildman–Crippen MR) is 98.1 cm³/mol. The number of hydrogen-bond donors (Lipinski definition) is 2. The minimum atomic E-state index is -0.730. The topological polar surface area (TPSA) is 74.6 Å². The van der Waals surface area contributed by atoms with Crippen LogP contribution in [0.1, 0.15) is 104 Å². The molecule has 0 radical (unpaired) electrons. The first-order chi connectivity index (χ1) is 11.5. The third kappa shape index (κ3) is 13.5. The van der Waals surface area contributed by atoms with Crippen molar-refractivity contribution in [2.24, 2.45) is 5.92 Å². The lowest BCUT2D eigenvalue weighted by molar-refractivity contribution is -0.137. The maximum absolute atomic E-state index is 12.1. The summed E-state index contributed by atoms with van der Waals surface area (Å²) in [6.45, 7) is 4.08. The minimum Gasteiger partial charge on any atom is -0.481 e. The Morgan fingerprint density at radius 2 is 1.38 bits per heavy atom. The molecule has 0 aromatic heterocycles. The van der Waals surface area contributed by atoms with E-state index in [4.69, 9.17) is 5.11 Å². The van der Waals surface area contributed by atoms with Crippen LogP contribution in [0.4, 0.5) is 0 Å². The summed E-state index contributed by atoms with van der Waals surface area (Å²) >= 11 is 0. The summed E-state index contributed by atoms with van der Waals surface area (Å²) in [5, 5.41) is 18.6. The van der Waals surface area contributed by atoms with E-state index in [1.54, 1.807) is 0 Å². The minimum absolute atomic E-state index is 0.123. The second kappa shape index (κ2) is 15.6. The van der Waals surface area contributed by atoms with Crippen LogP contribution < -0.4 is 0 Å². The van der Waals surface area contributed by atoms with Gasteiger partial charge in [-0.25, -0.2) is 0 Å². The van der Waals surface area contributed by atoms with Gasteiger partial charge in [0, 0.05) is 18.8 Å². The van der Waals surface area contributed by atoms with E-state index in [1.807, 2.05) is 6.92 Å². The van der Waals surface area contributed by atoms with Gasteiger partial charge in [0.2, 0.25) is 0 Å². The Morgan fingerprint density at radius 1 is 0.792 bits per heavy atom. The van der Waals surface area contributed by atoms with Gasteiger partial charge in [0.25, 0.3) is 0 Å². The average Bonchev–Trinajstić information content (AvgIpc) is 2.55. The Morgan fingerprint density at radius 3 is 2.00 bits per heavy atom. The molecule has 0 saturated carbocycles. The van der Waals surface area contributed by atoms with E-state index in [9.17, 15) is 14.7 Å². The van der Waals surface area contributed by atoms with Crippen molar-refractivity contribution < 1.29 is 19.8 Å². The second-order valence-corrected chi connectivity index (χ2v) is 6.94. The van der Waals surface area contributed by atoms with Crippen molar-refractivity contribution >= 4 is 11.8 Å². The maximum atomic E-state index is 12.1. The first-order valence-electron chi connectivity index (χ1n) is 9.93. The van der Waals surface area contributed by atoms with E-state index in [0.29, 0.717) is 12.2 Å². The molecule has 0 aromatic carbocycles. The lowest BCUT2D eigenvalue weighted by Gasteiger charge is -2.16. The molecule has 0 aliphatic rings. The van der Waals surface area contributed by atoms with Crippen LogP contribution in [0, 0.1) is 5.92 Å². The molecule has 2 N–H and O–H groups in total. The number of carboxylic acids is 1. The summed E-state index contributed by atoms with van der Waals surface area (Å²) in [6.07, 6.45) is 12.1. The van der Waals surface area contributed by atoms with Crippen molar-refractivity contribution in [3.05, 3.63) is 0 Å². The van der Waals surface area contributed by atoms with Gasteiger partial charge in [-0.1, -0.05) is 58.8 Å². The number of aliphatic carboxylic acids is 1. The van der Waals surface area contributed by atoms with Crippen molar-refractivity contribution in [1.29, 1.82) is 0 Å². The Labute approximate surface area is 148 Å². The van der Waals surface area contributed by atoms with Gasteiger partial charge in [-0.15, -0.1) is 0 Å². The maximum Gasteiger partial charge on any atom is 0.303 e. The van der Waals surface area contributed by atoms with E-state index in [-0.39, 0.29) is 18.4 Å². The Kier molecular flexibility index (Phi) is 15.0. The van der Waals surface area contributed by atoms with Crippen LogP contribution in [-0.2, 0) is 9.59 Å². The highest BCUT2D eigenvalue weighted by atomic mass is 16.4. The molecule has 142 valence electrons. The number of carbonyl (C=O) groups is 2. The zero-order valence-corrected chi connectivity index (χ0v) is 15.8. The summed E-state index contributed by atoms with van der Waals surface area (Å²) in [7, 11) is 0. The van der Waals surface area contributed by atoms with Crippen molar-refractivity contribution in [2.75, 3.05) is 0 Å². The van der Waals surface area contributed by atoms with Crippen LogP contribution in [-0.4, -0.2) is 28.1 Å². The number of carboxylic acid groups (broad SMARTS) is 1. The molecule has 0 unspecified atom stereocenters. The molecule has 0 fully saturated rings. The molecule has 0 rings (SSSR count). The van der Waals surface area contributed by atoms with Crippen molar-refractivity contribution in [1.82, 2.24) is 0 Å². The summed E-state index contributed by atoms with van der Waals surface area (Å²) < 4.78 is 0. The average molecular weight is 343 g/mol. The lowest BCUT2D eigenvalue weighted by atomic mass is 9.89. The normalized spacial score (nSPS) is 13.6. The molecule has 4 heteroatoms. The van der Waals surface area contributed by atoms with Gasteiger partial charge in [0.1, 0.15) is 5.78 Å². The van der Waals surface area contributed by atoms with Gasteiger partial charge in [0.05, 0.1) is 6.10 Å². The monoisotopic (exact) mass is 342 g/mol. The van der Waals surface area contributed by atoms with E-state index >= 15 is 0 Å². The van der Waals surface area contributed by atoms with Crippen LogP contribution >= 0.6 is 0 Å². The van der Waals surface area contributed by atoms with Gasteiger partial charge in [0.15, 0.2) is 0 Å². The summed E-state index contributed by atoms with van der Waals surface area (Å²) in [4.78, 5) is 22.5. The predicted octanol–water partition coefficient (Wildman–Crippen LogP) is 5.12. The number of carbonyl (C=O) groups excluding carboxylic acids is 1. The molecule has 0 heterocycles. The van der Waals surface area contributed by atoms with E-state index < -0.39 is 5.97 Å². The fourth-order valence-electron chi connectivity index (χ4n) is 3.15. The highest BCUT2D eigenvalue weighted by molar-refractivity contribution is 5.80. The van der Waals surface area contributed by atoms with Crippen molar-refractivity contribution in [3.8, 4) is 0 Å². The number of aliphatic hydroxyl groups excluding tert-OH is 1. The number of Topliss-reactive ketones (excluding diaryl/α,β-unsaturated/α-hetero) is 1. The third-order valence-electron chi connectivity index (χ3n) is 4.73. The summed E-state index contributed by atoms with van der Waals surface area (Å²) in [6, 6.07) is 0. The van der Waals surface area contributed by atoms with Gasteiger partial charge in [-0.3, -0.25) is 9.59 Å². The van der Waals surface area contributed by atoms with Crippen molar-refractivity contribution in [2.45, 2.75) is 110 Å². The quantitative estimate of drug-likeness (QED) is 0.360. The van der Waals surface area contributed by atoms with Gasteiger partial charge in [-0.2, -0.15) is 0 Å². The molecule has 0 bridgehead atoms. The van der Waals surface area contributed by atoms with Crippen LogP contribution in [0.2, 0.25) is 0 Å². The molecule has 0 spiro atoms. The fourth-order valence-corrected chi connectivity index (χ4v) is 3.15. The van der Waals surface area contributed by atoms with Crippen LogP contribution in [0.25, 0.3) is 0 Å². The standard InChI is InChI=1S/C20H38O4/c1-3-5-8-14-18(21)15-11-13-17(19(22)4-2)12-9-6-7-10-16-20(23)24/h17-18,21H,3-16H2,1-2H3,(H,23,24)/t17-,18-/m0/s1. The lowest BCUT2D eigenvalue weighted by Crippen LogP contribution is -2.15. The second-order valence-electron chi connectivity index (χ2n) is 6.94. The van der Waals surface area contributed by atoms with Gasteiger partial charge in [-0.05, 0) is 32.1 Å². The molecule has 0 amide bonds. The van der Waals surface area contributed by atoms with E-state index in [2.05, 4.69) is 6.92 Å². The largest absolute Gasteiger partial charge is 0.481 e. The van der Waals surface area contributed by atoms with Crippen LogP contribution in [0.5, 0.6) is 0 Å². The smallest absolute Gasteiger partial charge is 0.303 e. The zero-order valence-electron chi connectivity index (χ0n) is 15.8. The SMILES string of the molecule is CCCCC[C@H](O)CCC[C@H](CCCCCCC(=O)O)C(=O)CC. The summed E-state index contributed by atoms with van der Waals surface area (Å²) in [5.41, 5.74) is 0. The zero-order chi connectivity index (χ0) is 18.2. The van der Waals surface area contributed by atoms with Crippen LogP contribution in [0.15, 0.2) is 0 Å². The Hall–Kier alpha value is -0.900. The highest BCUT2D eigenvalue weighted by Gasteiger charge is 2.16. The molecule has 0 aromatic rings. The molecule has 2 atom stereocenters. The van der Waals surface area contributed by atoms with Crippen molar-refractivity contribution in [3.63, 3.8) is 0 Å². The number of aliphatic hydroxyl groups is 1. The van der Waals surface area contributed by atoms with Crippen LogP contribution in [0.3, 0.4) is 0 Å². The summed E-state index contributed by atoms with van der Waals surface area (Å²) in [5.74, 6) is -0.273. The first kappa shape index (κ1) is 23.1. The number of unbranched alkanes of at least 4 members (excludes halogenated alkanes) is 5. The third-order valence-corrected chi connectivity index (χ3v) is 4.73. The molecule has 4 nitrogen and oxygen atoms in total. The first-order valence-corrected chi connectivity index (χ1v) is 9.93. The molecule has 0 aliphatic heterocycles. The molecule has 0 aliphatic carbocycles. The van der Waals surface area contributed by atoms with E-state index in [1.165, 1.54) is 12.8 Å². The number of ketones is 1. The van der Waals surface area contributed by atoms with Gasteiger partial charge < -0.3 is 10.2 Å². The Balaban J connectivity index is 3.89. The molecule has 24 heavy (non-hydrogen) atoms. The van der Waals surface area contributed by atoms with Gasteiger partial charge >= 0.3 is 5.97 Å². The number of rotatable bonds is 17. The molecule has 0 saturated heterocycles. The highest BCUT2D eigenvalue weighted by Crippen LogP contribution is 2.21. The fraction of sp³-hybridized carbons (Fsp3) is 0.900. The van der Waals surface area contributed by atoms with E-state index in [0.717, 1.165) is 64.2 Å².